The molecule has 23 heavy (non-hydrogen) atoms. The molecule has 4 heteroatoms. The van der Waals surface area contributed by atoms with Crippen LogP contribution in [0, 0.1) is 0 Å². The molecular formula is C19H23NO2S. The number of hydrogen-bond donors (Lipinski definition) is 1. The molecule has 2 rings (SSSR count). The average Bonchev–Trinajstić information content (AvgIpc) is 2.60. The summed E-state index contributed by atoms with van der Waals surface area (Å²) in [7, 11) is 1.69. The normalized spacial score (nSPS) is 10.3. The molecule has 2 aromatic carbocycles. The van der Waals surface area contributed by atoms with E-state index in [0.29, 0.717) is 13.0 Å². The second-order valence-electron chi connectivity index (χ2n) is 5.18. The van der Waals surface area contributed by atoms with Crippen molar-refractivity contribution in [3.63, 3.8) is 0 Å². The molecule has 0 saturated heterocycles. The lowest BCUT2D eigenvalue weighted by molar-refractivity contribution is -0.120. The molecule has 122 valence electrons. The van der Waals surface area contributed by atoms with Crippen molar-refractivity contribution in [2.24, 2.45) is 0 Å². The minimum Gasteiger partial charge on any atom is -0.496 e. The first kappa shape index (κ1) is 17.4. The highest BCUT2D eigenvalue weighted by molar-refractivity contribution is 7.99. The molecule has 0 aliphatic heterocycles. The van der Waals surface area contributed by atoms with Crippen molar-refractivity contribution in [3.8, 4) is 5.75 Å². The van der Waals surface area contributed by atoms with Gasteiger partial charge in [-0.1, -0.05) is 36.4 Å². The van der Waals surface area contributed by atoms with E-state index in [9.17, 15) is 4.79 Å². The third-order valence-corrected chi connectivity index (χ3v) is 4.49. The Kier molecular flexibility index (Phi) is 7.54. The Morgan fingerprint density at radius 3 is 2.61 bits per heavy atom. The topological polar surface area (TPSA) is 38.3 Å². The molecule has 3 nitrogen and oxygen atoms in total. The lowest BCUT2D eigenvalue weighted by atomic mass is 10.1. The fourth-order valence-electron chi connectivity index (χ4n) is 2.28. The highest BCUT2D eigenvalue weighted by Gasteiger charge is 2.04. The second-order valence-corrected chi connectivity index (χ2v) is 6.35. The summed E-state index contributed by atoms with van der Waals surface area (Å²) < 4.78 is 5.33. The standard InChI is InChI=1S/C19H23NO2S/c1-22-18-12-6-5-8-16(18)9-7-14-20-19(21)13-15-23-17-10-3-2-4-11-17/h2-6,8,10-12H,7,9,13-15H2,1H3,(H,20,21). The van der Waals surface area contributed by atoms with Crippen molar-refractivity contribution in [2.75, 3.05) is 19.4 Å². The summed E-state index contributed by atoms with van der Waals surface area (Å²) in [6.45, 7) is 0.701. The van der Waals surface area contributed by atoms with Gasteiger partial charge >= 0.3 is 0 Å². The van der Waals surface area contributed by atoms with Crippen molar-refractivity contribution in [1.29, 1.82) is 0 Å². The zero-order valence-electron chi connectivity index (χ0n) is 13.5. The van der Waals surface area contributed by atoms with Crippen molar-refractivity contribution < 1.29 is 9.53 Å². The summed E-state index contributed by atoms with van der Waals surface area (Å²) in [6.07, 6.45) is 2.37. The number of para-hydroxylation sites is 1. The highest BCUT2D eigenvalue weighted by Crippen LogP contribution is 2.19. The van der Waals surface area contributed by atoms with E-state index in [-0.39, 0.29) is 5.91 Å². The van der Waals surface area contributed by atoms with E-state index in [1.807, 2.05) is 36.4 Å². The molecule has 0 heterocycles. The molecule has 2 aromatic rings. The monoisotopic (exact) mass is 329 g/mol. The molecule has 0 atom stereocenters. The number of ether oxygens (including phenoxy) is 1. The van der Waals surface area contributed by atoms with Gasteiger partial charge in [0.1, 0.15) is 5.75 Å². The van der Waals surface area contributed by atoms with Crippen LogP contribution in [0.1, 0.15) is 18.4 Å². The van der Waals surface area contributed by atoms with Gasteiger partial charge in [0.25, 0.3) is 0 Å². The van der Waals surface area contributed by atoms with E-state index in [1.54, 1.807) is 18.9 Å². The van der Waals surface area contributed by atoms with Gasteiger partial charge < -0.3 is 10.1 Å². The number of nitrogens with one attached hydrogen (secondary N) is 1. The molecular weight excluding hydrogens is 306 g/mol. The van der Waals surface area contributed by atoms with Gasteiger partial charge in [-0.25, -0.2) is 0 Å². The predicted molar refractivity (Wildman–Crippen MR) is 96.1 cm³/mol. The van der Waals surface area contributed by atoms with E-state index in [0.717, 1.165) is 24.3 Å². The van der Waals surface area contributed by atoms with Crippen LogP contribution >= 0.6 is 11.8 Å². The number of rotatable bonds is 9. The van der Waals surface area contributed by atoms with Gasteiger partial charge in [0.2, 0.25) is 5.91 Å². The summed E-state index contributed by atoms with van der Waals surface area (Å²) in [5.74, 6) is 1.84. The summed E-state index contributed by atoms with van der Waals surface area (Å²) >= 11 is 1.71. The average molecular weight is 329 g/mol. The van der Waals surface area contributed by atoms with Crippen LogP contribution in [0.4, 0.5) is 0 Å². The third kappa shape index (κ3) is 6.37. The number of thioether (sulfide) groups is 1. The molecule has 1 N–H and O–H groups in total. The maximum atomic E-state index is 11.8. The van der Waals surface area contributed by atoms with Crippen LogP contribution in [0.25, 0.3) is 0 Å². The van der Waals surface area contributed by atoms with Gasteiger partial charge in [0.15, 0.2) is 0 Å². The van der Waals surface area contributed by atoms with Crippen LogP contribution in [0.3, 0.4) is 0 Å². The quantitative estimate of drug-likeness (QED) is 0.560. The Hall–Kier alpha value is -1.94. The van der Waals surface area contributed by atoms with Gasteiger partial charge in [-0.3, -0.25) is 4.79 Å². The van der Waals surface area contributed by atoms with Gasteiger partial charge in [-0.2, -0.15) is 0 Å². The molecule has 0 unspecified atom stereocenters. The first-order chi connectivity index (χ1) is 11.3. The minimum atomic E-state index is 0.119. The van der Waals surface area contributed by atoms with E-state index < -0.39 is 0 Å². The Balaban J connectivity index is 1.59. The van der Waals surface area contributed by atoms with Crippen molar-refractivity contribution in [1.82, 2.24) is 5.32 Å². The van der Waals surface area contributed by atoms with Gasteiger partial charge in [-0.15, -0.1) is 11.8 Å². The summed E-state index contributed by atoms with van der Waals surface area (Å²) in [4.78, 5) is 13.0. The zero-order chi connectivity index (χ0) is 16.3. The van der Waals surface area contributed by atoms with Crippen LogP contribution in [-0.4, -0.2) is 25.3 Å². The van der Waals surface area contributed by atoms with Crippen molar-refractivity contribution in [3.05, 3.63) is 60.2 Å². The van der Waals surface area contributed by atoms with Gasteiger partial charge in [0, 0.05) is 23.6 Å². The summed E-state index contributed by atoms with van der Waals surface area (Å²) in [5.41, 5.74) is 1.18. The molecule has 0 aromatic heterocycles. The lowest BCUT2D eigenvalue weighted by Gasteiger charge is -2.08. The first-order valence-electron chi connectivity index (χ1n) is 7.86. The number of carbonyl (C=O) groups excluding carboxylic acids is 1. The second kappa shape index (κ2) is 9.95. The van der Waals surface area contributed by atoms with Gasteiger partial charge in [0.05, 0.1) is 7.11 Å². The van der Waals surface area contributed by atoms with Crippen molar-refractivity contribution >= 4 is 17.7 Å². The summed E-state index contributed by atoms with van der Waals surface area (Å²) in [6, 6.07) is 18.2. The molecule has 0 fully saturated rings. The summed E-state index contributed by atoms with van der Waals surface area (Å²) in [5, 5.41) is 2.98. The molecule has 0 saturated carbocycles. The third-order valence-electron chi connectivity index (χ3n) is 3.48. The van der Waals surface area contributed by atoms with E-state index in [2.05, 4.69) is 23.5 Å². The molecule has 0 aliphatic carbocycles. The number of carbonyl (C=O) groups is 1. The number of amides is 1. The first-order valence-corrected chi connectivity index (χ1v) is 8.84. The van der Waals surface area contributed by atoms with E-state index in [1.165, 1.54) is 10.5 Å². The van der Waals surface area contributed by atoms with Gasteiger partial charge in [-0.05, 0) is 36.6 Å². The smallest absolute Gasteiger partial charge is 0.220 e. The Labute approximate surface area is 142 Å². The fraction of sp³-hybridized carbons (Fsp3) is 0.316. The van der Waals surface area contributed by atoms with Crippen LogP contribution in [0.15, 0.2) is 59.5 Å². The Morgan fingerprint density at radius 1 is 1.09 bits per heavy atom. The number of benzene rings is 2. The maximum absolute atomic E-state index is 11.8. The SMILES string of the molecule is COc1ccccc1CCCNC(=O)CCSc1ccccc1. The Bertz CT molecular complexity index is 601. The number of methoxy groups -OCH3 is 1. The van der Waals surface area contributed by atoms with Crippen LogP contribution in [0.5, 0.6) is 5.75 Å². The van der Waals surface area contributed by atoms with Crippen LogP contribution in [0.2, 0.25) is 0 Å². The van der Waals surface area contributed by atoms with E-state index in [4.69, 9.17) is 4.74 Å². The zero-order valence-corrected chi connectivity index (χ0v) is 14.3. The Morgan fingerprint density at radius 2 is 1.83 bits per heavy atom. The number of aryl methyl sites for hydroxylation is 1. The molecule has 1 amide bonds. The number of hydrogen-bond acceptors (Lipinski definition) is 3. The van der Waals surface area contributed by atoms with E-state index >= 15 is 0 Å². The minimum absolute atomic E-state index is 0.119. The lowest BCUT2D eigenvalue weighted by Crippen LogP contribution is -2.25. The highest BCUT2D eigenvalue weighted by atomic mass is 32.2. The maximum Gasteiger partial charge on any atom is 0.220 e. The van der Waals surface area contributed by atoms with Crippen molar-refractivity contribution in [2.45, 2.75) is 24.2 Å². The van der Waals surface area contributed by atoms with Crippen LogP contribution in [-0.2, 0) is 11.2 Å². The molecule has 0 radical (unpaired) electrons. The predicted octanol–water partition coefficient (Wildman–Crippen LogP) is 3.93. The molecule has 0 bridgehead atoms. The molecule has 0 spiro atoms. The fourth-order valence-corrected chi connectivity index (χ4v) is 3.16. The molecule has 0 aliphatic rings. The largest absolute Gasteiger partial charge is 0.496 e. The van der Waals surface area contributed by atoms with Crippen LogP contribution < -0.4 is 10.1 Å².